The van der Waals surface area contributed by atoms with Gasteiger partial charge in [-0.05, 0) is 65.5 Å². The van der Waals surface area contributed by atoms with Crippen molar-refractivity contribution in [2.45, 2.75) is 40.5 Å². The van der Waals surface area contributed by atoms with Crippen LogP contribution in [-0.2, 0) is 19.7 Å². The average Bonchev–Trinajstić information content (AvgIpc) is 2.69. The molecule has 0 spiro atoms. The van der Waals surface area contributed by atoms with Crippen molar-refractivity contribution >= 4 is 15.9 Å². The van der Waals surface area contributed by atoms with Gasteiger partial charge in [0.15, 0.2) is 11.5 Å². The molecule has 0 heterocycles. The van der Waals surface area contributed by atoms with Crippen LogP contribution in [0, 0.1) is 13.8 Å². The second-order valence-electron chi connectivity index (χ2n) is 7.20. The van der Waals surface area contributed by atoms with Gasteiger partial charge in [-0.3, -0.25) is 0 Å². The van der Waals surface area contributed by atoms with E-state index in [-0.39, 0.29) is 0 Å². The second-order valence-corrected chi connectivity index (χ2v) is 8.06. The van der Waals surface area contributed by atoms with E-state index in [4.69, 9.17) is 9.47 Å². The second kappa shape index (κ2) is 10.5. The molecular formula is C25H28BrNO2. The minimum atomic E-state index is 0.505. The van der Waals surface area contributed by atoms with Crippen molar-refractivity contribution < 1.29 is 9.47 Å². The number of hydrogen-bond acceptors (Lipinski definition) is 3. The van der Waals surface area contributed by atoms with Gasteiger partial charge in [0.05, 0.1) is 11.1 Å². The van der Waals surface area contributed by atoms with E-state index in [2.05, 4.69) is 95.8 Å². The topological polar surface area (TPSA) is 30.5 Å². The lowest BCUT2D eigenvalue weighted by Crippen LogP contribution is -2.13. The molecular weight excluding hydrogens is 426 g/mol. The Morgan fingerprint density at radius 3 is 2.28 bits per heavy atom. The van der Waals surface area contributed by atoms with Crippen LogP contribution >= 0.6 is 15.9 Å². The fourth-order valence-electron chi connectivity index (χ4n) is 3.14. The van der Waals surface area contributed by atoms with Crippen molar-refractivity contribution in [2.24, 2.45) is 0 Å². The summed E-state index contributed by atoms with van der Waals surface area (Å²) in [5.74, 6) is 1.51. The Morgan fingerprint density at radius 2 is 1.55 bits per heavy atom. The van der Waals surface area contributed by atoms with Crippen molar-refractivity contribution in [3.05, 3.63) is 93.0 Å². The first-order valence-corrected chi connectivity index (χ1v) is 10.7. The minimum absolute atomic E-state index is 0.505. The number of ether oxygens (including phenoxy) is 2. The number of aryl methyl sites for hydroxylation is 2. The van der Waals surface area contributed by atoms with Crippen molar-refractivity contribution in [3.63, 3.8) is 0 Å². The fourth-order valence-corrected chi connectivity index (χ4v) is 3.74. The van der Waals surface area contributed by atoms with E-state index in [0.29, 0.717) is 13.2 Å². The Labute approximate surface area is 182 Å². The van der Waals surface area contributed by atoms with Gasteiger partial charge in [0, 0.05) is 13.1 Å². The van der Waals surface area contributed by atoms with E-state index < -0.39 is 0 Å². The van der Waals surface area contributed by atoms with Crippen molar-refractivity contribution in [2.75, 3.05) is 6.61 Å². The lowest BCUT2D eigenvalue weighted by molar-refractivity contribution is 0.267. The number of rotatable bonds is 9. The van der Waals surface area contributed by atoms with Crippen molar-refractivity contribution in [3.8, 4) is 11.5 Å². The van der Waals surface area contributed by atoms with Gasteiger partial charge in [-0.15, -0.1) is 0 Å². The van der Waals surface area contributed by atoms with Gasteiger partial charge in [0.1, 0.15) is 6.61 Å². The summed E-state index contributed by atoms with van der Waals surface area (Å²) in [7, 11) is 0. The zero-order valence-electron chi connectivity index (χ0n) is 17.3. The largest absolute Gasteiger partial charge is 0.490 e. The molecule has 4 heteroatoms. The van der Waals surface area contributed by atoms with Crippen LogP contribution in [0.25, 0.3) is 0 Å². The third-order valence-electron chi connectivity index (χ3n) is 4.61. The van der Waals surface area contributed by atoms with Crippen LogP contribution in [0.1, 0.15) is 34.7 Å². The van der Waals surface area contributed by atoms with Crippen molar-refractivity contribution in [1.82, 2.24) is 5.32 Å². The first kappa shape index (κ1) is 21.4. The molecule has 0 atom stereocenters. The van der Waals surface area contributed by atoms with Crippen LogP contribution in [0.5, 0.6) is 11.5 Å². The SMILES string of the molecule is CCOc1cc(CNCc2ccc(C)cc2)cc(Br)c1OCc1cccc(C)c1. The predicted octanol–water partition coefficient (Wildman–Crippen LogP) is 6.33. The molecule has 0 radical (unpaired) electrons. The van der Waals surface area contributed by atoms with Gasteiger partial charge < -0.3 is 14.8 Å². The minimum Gasteiger partial charge on any atom is -0.490 e. The van der Waals surface area contributed by atoms with Gasteiger partial charge in [0.2, 0.25) is 0 Å². The maximum atomic E-state index is 6.11. The highest BCUT2D eigenvalue weighted by molar-refractivity contribution is 9.10. The van der Waals surface area contributed by atoms with Gasteiger partial charge in [-0.25, -0.2) is 0 Å². The Kier molecular flexibility index (Phi) is 7.73. The number of benzene rings is 3. The molecule has 0 fully saturated rings. The molecule has 152 valence electrons. The summed E-state index contributed by atoms with van der Waals surface area (Å²) < 4.78 is 12.9. The molecule has 1 N–H and O–H groups in total. The van der Waals surface area contributed by atoms with Gasteiger partial charge in [-0.1, -0.05) is 59.7 Å². The summed E-state index contributed by atoms with van der Waals surface area (Å²) in [5.41, 5.74) is 6.07. The third kappa shape index (κ3) is 6.34. The number of nitrogens with one attached hydrogen (secondary N) is 1. The van der Waals surface area contributed by atoms with E-state index in [1.165, 1.54) is 16.7 Å². The van der Waals surface area contributed by atoms with E-state index in [1.54, 1.807) is 0 Å². The Bertz CT molecular complexity index is 938. The molecule has 0 aliphatic rings. The summed E-state index contributed by atoms with van der Waals surface area (Å²) in [6, 6.07) is 21.1. The molecule has 0 saturated carbocycles. The molecule has 3 rings (SSSR count). The molecule has 0 unspecified atom stereocenters. The zero-order chi connectivity index (χ0) is 20.6. The first-order valence-electron chi connectivity index (χ1n) is 9.95. The standard InChI is InChI=1S/C25H28BrNO2/c1-4-28-24-14-22(16-27-15-20-10-8-18(2)9-11-20)13-23(26)25(24)29-17-21-7-5-6-19(3)12-21/h5-14,27H,4,15-17H2,1-3H3. The van der Waals surface area contributed by atoms with Crippen molar-refractivity contribution in [1.29, 1.82) is 0 Å². The van der Waals surface area contributed by atoms with E-state index >= 15 is 0 Å². The molecule has 0 aromatic heterocycles. The normalized spacial score (nSPS) is 10.8. The van der Waals surface area contributed by atoms with Crippen LogP contribution in [0.4, 0.5) is 0 Å². The quantitative estimate of drug-likeness (QED) is 0.410. The molecule has 29 heavy (non-hydrogen) atoms. The first-order chi connectivity index (χ1) is 14.0. The van der Waals surface area contributed by atoms with E-state index in [1.807, 2.05) is 6.92 Å². The van der Waals surface area contributed by atoms with Gasteiger partial charge in [-0.2, -0.15) is 0 Å². The Hall–Kier alpha value is -2.30. The molecule has 0 bridgehead atoms. The lowest BCUT2D eigenvalue weighted by atomic mass is 10.1. The zero-order valence-corrected chi connectivity index (χ0v) is 18.9. The lowest BCUT2D eigenvalue weighted by Gasteiger charge is -2.16. The maximum absolute atomic E-state index is 6.11. The summed E-state index contributed by atoms with van der Waals surface area (Å²) in [6.07, 6.45) is 0. The number of halogens is 1. The molecule has 0 saturated heterocycles. The summed E-state index contributed by atoms with van der Waals surface area (Å²) in [6.45, 7) is 8.85. The highest BCUT2D eigenvalue weighted by Gasteiger charge is 2.13. The smallest absolute Gasteiger partial charge is 0.175 e. The van der Waals surface area contributed by atoms with Crippen LogP contribution in [0.15, 0.2) is 65.1 Å². The van der Waals surface area contributed by atoms with Crippen LogP contribution in [0.2, 0.25) is 0 Å². The molecule has 0 amide bonds. The molecule has 0 aliphatic heterocycles. The van der Waals surface area contributed by atoms with E-state index in [0.717, 1.165) is 40.2 Å². The molecule has 3 aromatic rings. The van der Waals surface area contributed by atoms with Crippen LogP contribution < -0.4 is 14.8 Å². The average molecular weight is 454 g/mol. The molecule has 3 aromatic carbocycles. The number of hydrogen-bond donors (Lipinski definition) is 1. The highest BCUT2D eigenvalue weighted by Crippen LogP contribution is 2.37. The highest BCUT2D eigenvalue weighted by atomic mass is 79.9. The van der Waals surface area contributed by atoms with Crippen LogP contribution in [0.3, 0.4) is 0 Å². The third-order valence-corrected chi connectivity index (χ3v) is 5.20. The summed E-state index contributed by atoms with van der Waals surface area (Å²) in [5, 5.41) is 3.50. The van der Waals surface area contributed by atoms with Gasteiger partial charge in [0.25, 0.3) is 0 Å². The van der Waals surface area contributed by atoms with Gasteiger partial charge >= 0.3 is 0 Å². The Morgan fingerprint density at radius 1 is 0.793 bits per heavy atom. The fraction of sp³-hybridized carbons (Fsp3) is 0.280. The monoisotopic (exact) mass is 453 g/mol. The predicted molar refractivity (Wildman–Crippen MR) is 123 cm³/mol. The molecule has 0 aliphatic carbocycles. The summed E-state index contributed by atoms with van der Waals surface area (Å²) in [4.78, 5) is 0. The Balaban J connectivity index is 1.67. The maximum Gasteiger partial charge on any atom is 0.175 e. The van der Waals surface area contributed by atoms with E-state index in [9.17, 15) is 0 Å². The summed E-state index contributed by atoms with van der Waals surface area (Å²) >= 11 is 3.67. The van der Waals surface area contributed by atoms with Crippen LogP contribution in [-0.4, -0.2) is 6.61 Å². The molecule has 3 nitrogen and oxygen atoms in total.